The number of amides is 1. The molecule has 0 aliphatic rings. The van der Waals surface area contributed by atoms with Crippen molar-refractivity contribution in [1.82, 2.24) is 9.97 Å². The number of carbonyl (C=O) groups is 5. The minimum atomic E-state index is -4.55. The average Bonchev–Trinajstić information content (AvgIpc) is 1.72. The second-order valence-electron chi connectivity index (χ2n) is 18.7. The van der Waals surface area contributed by atoms with E-state index in [0.29, 0.717) is 39.3 Å². The molecule has 20 nitrogen and oxygen atoms in total. The third-order valence-electron chi connectivity index (χ3n) is 10.7. The molecule has 0 aliphatic heterocycles. The fourth-order valence-corrected chi connectivity index (χ4v) is 8.47. The van der Waals surface area contributed by atoms with Gasteiger partial charge in [0.25, 0.3) is 5.97 Å². The number of rotatable bonds is 12. The van der Waals surface area contributed by atoms with Gasteiger partial charge in [-0.25, -0.2) is 34.0 Å². The number of carboxylic acid groups (broad SMARTS) is 4. The number of hydrogen-bond donors (Lipinski definition) is 7. The number of aliphatic carboxylic acids is 1. The number of alkyl halides is 6. The van der Waals surface area contributed by atoms with Crippen LogP contribution < -0.4 is 21.7 Å². The Morgan fingerprint density at radius 3 is 1.49 bits per heavy atom. The summed E-state index contributed by atoms with van der Waals surface area (Å²) in [5.41, 5.74) is 14.1. The number of thiazole rings is 2. The number of halogens is 6. The highest BCUT2D eigenvalue weighted by molar-refractivity contribution is 7.14. The van der Waals surface area contributed by atoms with Gasteiger partial charge in [0.2, 0.25) is 0 Å². The summed E-state index contributed by atoms with van der Waals surface area (Å²) in [7, 11) is 0. The summed E-state index contributed by atoms with van der Waals surface area (Å²) in [6.45, 7) is 6.11. The van der Waals surface area contributed by atoms with Crippen LogP contribution in [0.4, 0.5) is 81.2 Å². The lowest BCUT2D eigenvalue weighted by molar-refractivity contribution is -0.138. The van der Waals surface area contributed by atoms with Gasteiger partial charge < -0.3 is 41.9 Å². The van der Waals surface area contributed by atoms with Gasteiger partial charge in [-0.1, -0.05) is 69.5 Å². The maximum atomic E-state index is 13.2. The van der Waals surface area contributed by atoms with Crippen LogP contribution in [0.15, 0.2) is 196 Å². The lowest BCUT2D eigenvalue weighted by Crippen LogP contribution is -2.34. The number of azo groups is 1. The molecule has 90 heavy (non-hydrogen) atoms. The van der Waals surface area contributed by atoms with Gasteiger partial charge in [-0.15, -0.1) is 27.6 Å². The van der Waals surface area contributed by atoms with Crippen LogP contribution in [0.1, 0.15) is 84.7 Å². The van der Waals surface area contributed by atoms with Crippen LogP contribution in [-0.2, 0) is 21.9 Å². The number of nitrogens with two attached hydrogens (primary N) is 2. The van der Waals surface area contributed by atoms with Crippen LogP contribution in [-0.4, -0.2) is 66.0 Å². The summed E-state index contributed by atoms with van der Waals surface area (Å²) < 4.78 is 83.8. The topological polar surface area (TPSA) is 323 Å². The van der Waals surface area contributed by atoms with Crippen molar-refractivity contribution in [3.8, 4) is 22.5 Å². The van der Waals surface area contributed by atoms with E-state index in [9.17, 15) is 50.4 Å². The van der Waals surface area contributed by atoms with Crippen molar-refractivity contribution < 1.29 is 75.5 Å². The zero-order valence-electron chi connectivity index (χ0n) is 46.4. The minimum absolute atomic E-state index is 0. The number of carbonyl (C=O) groups excluding carboxylic acids is 1. The standard InChI is InChI=1S/C23H15F3N4O2S.C21H20F3N3O2S.C7H5NO3.C7H7NO2.C2H4O2.2CH4/c24-23(25,26)16-6-3-7-17(12-16)27-22-28-20(13-33-22)14-4-1-8-18(10-14)29-30-19-9-2-5-15(11-19)21(31)32;1-20(2,3)29-19(28)27(16-9-5-7-14(11-16)21(22,23)24)18-26-17(12-30-18)13-6-4-8-15(25)10-13;9-7(10)5-2-1-3-6(4-5)8-11;8-6-3-1-2-5(4-6)7(9)10;1-2(3)4;;/h1-13H,(H,27,28)(H,31,32);4-12H,25H2,1-3H3;1-4H,(H,9,10);1-4H,8H2,(H,9,10);1H3,(H,3,4);2*1H4. The number of aromatic carboxylic acids is 3. The summed E-state index contributed by atoms with van der Waals surface area (Å²) in [5, 5.41) is 51.2. The van der Waals surface area contributed by atoms with Gasteiger partial charge in [-0.05, 0) is 141 Å². The highest BCUT2D eigenvalue weighted by Crippen LogP contribution is 2.38. The second-order valence-corrected chi connectivity index (χ2v) is 20.4. The molecule has 0 radical (unpaired) electrons. The number of ether oxygens (including phenoxy) is 1. The molecule has 2 aromatic heterocycles. The predicted molar refractivity (Wildman–Crippen MR) is 335 cm³/mol. The Hall–Kier alpha value is -10.9. The number of anilines is 6. The maximum absolute atomic E-state index is 13.2. The van der Waals surface area contributed by atoms with Crippen molar-refractivity contribution in [2.24, 2.45) is 15.4 Å². The van der Waals surface area contributed by atoms with Crippen LogP contribution in [0, 0.1) is 4.91 Å². The van der Waals surface area contributed by atoms with Gasteiger partial charge >= 0.3 is 36.4 Å². The normalized spacial score (nSPS) is 10.6. The Morgan fingerprint density at radius 2 is 0.978 bits per heavy atom. The van der Waals surface area contributed by atoms with E-state index in [0.717, 1.165) is 58.6 Å². The van der Waals surface area contributed by atoms with Crippen LogP contribution in [0.2, 0.25) is 0 Å². The number of nitrogens with zero attached hydrogens (tertiary/aromatic N) is 6. The lowest BCUT2D eigenvalue weighted by atomic mass is 10.1. The van der Waals surface area contributed by atoms with E-state index < -0.39 is 59.1 Å². The van der Waals surface area contributed by atoms with Crippen molar-refractivity contribution in [3.05, 3.63) is 213 Å². The van der Waals surface area contributed by atoms with E-state index in [2.05, 4.69) is 30.7 Å². The fraction of sp³-hybridized carbons (Fsp3) is 0.145. The third kappa shape index (κ3) is 23.8. The van der Waals surface area contributed by atoms with Gasteiger partial charge in [-0.2, -0.15) is 36.6 Å². The van der Waals surface area contributed by atoms with Gasteiger partial charge in [0, 0.05) is 45.9 Å². The molecule has 0 spiro atoms. The Balaban J connectivity index is 0.000000337. The monoisotopic (exact) mass is 1280 g/mol. The van der Waals surface area contributed by atoms with Crippen LogP contribution in [0.25, 0.3) is 22.5 Å². The predicted octanol–water partition coefficient (Wildman–Crippen LogP) is 18.3. The number of benzene rings is 7. The van der Waals surface area contributed by atoms with E-state index in [-0.39, 0.29) is 53.7 Å². The molecule has 9 rings (SSSR count). The number of aromatic nitrogens is 2. The minimum Gasteiger partial charge on any atom is -0.481 e. The highest BCUT2D eigenvalue weighted by atomic mass is 32.1. The van der Waals surface area contributed by atoms with E-state index in [4.69, 9.17) is 41.4 Å². The Morgan fingerprint density at radius 1 is 0.544 bits per heavy atom. The molecule has 2 heterocycles. The second kappa shape index (κ2) is 33.3. The number of hydrogen-bond acceptors (Lipinski definition) is 17. The summed E-state index contributed by atoms with van der Waals surface area (Å²) in [4.78, 5) is 73.5. The largest absolute Gasteiger partial charge is 0.481 e. The fourth-order valence-electron chi connectivity index (χ4n) is 6.89. The summed E-state index contributed by atoms with van der Waals surface area (Å²) in [6.07, 6.45) is -9.80. The molecule has 0 aliphatic carbocycles. The molecule has 1 amide bonds. The molecule has 7 aromatic carbocycles. The number of nitroso groups, excluding NO2 is 1. The van der Waals surface area contributed by atoms with Crippen molar-refractivity contribution in [2.45, 2.75) is 60.5 Å². The van der Waals surface area contributed by atoms with Crippen LogP contribution in [0.5, 0.6) is 0 Å². The number of nitrogens with one attached hydrogen (secondary N) is 1. The van der Waals surface area contributed by atoms with E-state index in [1.807, 2.05) is 6.07 Å². The smallest absolute Gasteiger partial charge is 0.421 e. The molecule has 28 heteroatoms. The average molecular weight is 1280 g/mol. The molecule has 0 atom stereocenters. The molecular formula is C62H59F6N9O11S2. The van der Waals surface area contributed by atoms with E-state index in [1.54, 1.807) is 98.3 Å². The van der Waals surface area contributed by atoms with Crippen LogP contribution >= 0.6 is 22.7 Å². The van der Waals surface area contributed by atoms with Gasteiger partial charge in [0.15, 0.2) is 10.3 Å². The van der Waals surface area contributed by atoms with Gasteiger partial charge in [0.1, 0.15) is 11.3 Å². The third-order valence-corrected chi connectivity index (χ3v) is 12.3. The molecule has 472 valence electrons. The summed E-state index contributed by atoms with van der Waals surface area (Å²) in [6, 6.07) is 41.3. The number of carboxylic acids is 4. The van der Waals surface area contributed by atoms with Crippen molar-refractivity contribution in [3.63, 3.8) is 0 Å². The lowest BCUT2D eigenvalue weighted by Gasteiger charge is -2.26. The Labute approximate surface area is 519 Å². The van der Waals surface area contributed by atoms with E-state index in [1.165, 1.54) is 84.1 Å². The van der Waals surface area contributed by atoms with Gasteiger partial charge in [0.05, 0.1) is 56.3 Å². The molecule has 0 saturated carbocycles. The molecule has 0 saturated heterocycles. The first-order valence-electron chi connectivity index (χ1n) is 25.1. The molecular weight excluding hydrogens is 1220 g/mol. The number of nitrogen functional groups attached to an aromatic ring is 2. The SMILES string of the molecule is C.C.CC(=O)O.CC(C)(C)OC(=O)N(c1cccc(C(F)(F)F)c1)c1nc(-c2cccc(N)c2)cs1.Nc1cccc(C(=O)O)c1.O=C(O)c1cccc(N=Nc2cccc(-c3csc(Nc4cccc(C(F)(F)F)c4)n3)c2)c1.O=Nc1cccc(C(=O)O)c1. The first-order valence-corrected chi connectivity index (χ1v) is 26.9. The van der Waals surface area contributed by atoms with Crippen LogP contribution in [0.3, 0.4) is 0 Å². The zero-order chi connectivity index (χ0) is 64.9. The highest BCUT2D eigenvalue weighted by Gasteiger charge is 2.34. The Kier molecular flexibility index (Phi) is 27.2. The first-order chi connectivity index (χ1) is 41.4. The van der Waals surface area contributed by atoms with Gasteiger partial charge in [-0.3, -0.25) is 4.79 Å². The summed E-state index contributed by atoms with van der Waals surface area (Å²) in [5.74, 6) is -3.89. The molecule has 0 unspecified atom stereocenters. The molecule has 0 fully saturated rings. The van der Waals surface area contributed by atoms with Crippen molar-refractivity contribution >= 4 is 103 Å². The Bertz CT molecular complexity index is 3940. The van der Waals surface area contributed by atoms with Crippen molar-refractivity contribution in [1.29, 1.82) is 0 Å². The maximum Gasteiger partial charge on any atom is 0.421 e. The molecule has 0 bridgehead atoms. The quantitative estimate of drug-likeness (QED) is 0.0259. The molecule has 9 N–H and O–H groups in total. The van der Waals surface area contributed by atoms with Crippen molar-refractivity contribution in [2.75, 3.05) is 21.7 Å². The van der Waals surface area contributed by atoms with E-state index >= 15 is 0 Å². The zero-order valence-corrected chi connectivity index (χ0v) is 48.0. The molecule has 9 aromatic rings. The first kappa shape index (κ1) is 73.4. The summed E-state index contributed by atoms with van der Waals surface area (Å²) >= 11 is 2.37.